The first-order chi connectivity index (χ1) is 10.5. The van der Waals surface area contributed by atoms with Crippen molar-refractivity contribution in [3.63, 3.8) is 0 Å². The van der Waals surface area contributed by atoms with E-state index in [0.717, 1.165) is 5.69 Å². The normalized spacial score (nSPS) is 10.9. The van der Waals surface area contributed by atoms with Gasteiger partial charge in [-0.25, -0.2) is 9.97 Å². The van der Waals surface area contributed by atoms with Gasteiger partial charge < -0.3 is 15.4 Å². The lowest BCUT2D eigenvalue weighted by atomic mass is 10.0. The molecule has 0 saturated carbocycles. The van der Waals surface area contributed by atoms with Crippen LogP contribution in [-0.2, 0) is 10.3 Å². The molecule has 2 aromatic heterocycles. The van der Waals surface area contributed by atoms with Crippen LogP contribution in [0, 0.1) is 11.3 Å². The van der Waals surface area contributed by atoms with E-state index >= 15 is 0 Å². The average Bonchev–Trinajstić information content (AvgIpc) is 2.55. The Morgan fingerprint density at radius 2 is 1.95 bits per heavy atom. The summed E-state index contributed by atoms with van der Waals surface area (Å²) in [5.41, 5.74) is 1.20. The molecule has 8 nitrogen and oxygen atoms in total. The Balaban J connectivity index is 2.27. The van der Waals surface area contributed by atoms with E-state index in [1.807, 2.05) is 26.0 Å². The number of ether oxygens (including phenoxy) is 1. The highest BCUT2D eigenvalue weighted by atomic mass is 16.5. The van der Waals surface area contributed by atoms with E-state index in [2.05, 4.69) is 30.8 Å². The minimum absolute atomic E-state index is 0.254. The number of rotatable bonds is 5. The van der Waals surface area contributed by atoms with Crippen LogP contribution in [0.15, 0.2) is 18.5 Å². The van der Waals surface area contributed by atoms with Crippen molar-refractivity contribution in [2.75, 3.05) is 24.8 Å². The largest absolute Gasteiger partial charge is 0.386 e. The number of nitrogens with one attached hydrogen (secondary N) is 2. The van der Waals surface area contributed by atoms with E-state index in [9.17, 15) is 0 Å². The molecule has 114 valence electrons. The van der Waals surface area contributed by atoms with Crippen LogP contribution >= 0.6 is 0 Å². The zero-order chi connectivity index (χ0) is 16.2. The maximum absolute atomic E-state index is 8.70. The summed E-state index contributed by atoms with van der Waals surface area (Å²) in [6.45, 7) is 3.83. The lowest BCUT2D eigenvalue weighted by Gasteiger charge is -2.24. The highest BCUT2D eigenvalue weighted by Gasteiger charge is 2.25. The van der Waals surface area contributed by atoms with Gasteiger partial charge in [-0.15, -0.1) is 10.2 Å². The molecule has 8 heteroatoms. The Bertz CT molecular complexity index is 691. The summed E-state index contributed by atoms with van der Waals surface area (Å²) in [6.07, 6.45) is 2.85. The first-order valence-electron chi connectivity index (χ1n) is 6.60. The van der Waals surface area contributed by atoms with E-state index in [1.165, 1.54) is 12.4 Å². The molecule has 0 saturated heterocycles. The minimum Gasteiger partial charge on any atom is -0.386 e. The SMILES string of the molecule is CNc1cc(Nc2cnc(C#N)cn2)nnc1C(C)(C)OC. The molecule has 0 aliphatic carbocycles. The van der Waals surface area contributed by atoms with Crippen molar-refractivity contribution in [1.82, 2.24) is 20.2 Å². The summed E-state index contributed by atoms with van der Waals surface area (Å²) in [4.78, 5) is 8.01. The quantitative estimate of drug-likeness (QED) is 0.860. The van der Waals surface area contributed by atoms with Crippen molar-refractivity contribution in [2.45, 2.75) is 19.4 Å². The molecule has 0 bridgehead atoms. The molecule has 0 aliphatic heterocycles. The number of anilines is 3. The van der Waals surface area contributed by atoms with Crippen molar-refractivity contribution in [3.8, 4) is 6.07 Å². The second-order valence-electron chi connectivity index (χ2n) is 4.98. The van der Waals surface area contributed by atoms with Gasteiger partial charge in [0.2, 0.25) is 0 Å². The van der Waals surface area contributed by atoms with E-state index in [1.54, 1.807) is 14.2 Å². The Morgan fingerprint density at radius 3 is 2.50 bits per heavy atom. The van der Waals surface area contributed by atoms with Gasteiger partial charge in [0.1, 0.15) is 23.2 Å². The molecule has 0 unspecified atom stereocenters. The van der Waals surface area contributed by atoms with E-state index in [-0.39, 0.29) is 5.69 Å². The van der Waals surface area contributed by atoms with Gasteiger partial charge in [0.05, 0.1) is 18.1 Å². The Kier molecular flexibility index (Phi) is 4.48. The molecular formula is C14H17N7O. The van der Waals surface area contributed by atoms with Gasteiger partial charge in [-0.2, -0.15) is 5.26 Å². The van der Waals surface area contributed by atoms with Gasteiger partial charge in [-0.3, -0.25) is 0 Å². The van der Waals surface area contributed by atoms with Crippen molar-refractivity contribution < 1.29 is 4.74 Å². The Morgan fingerprint density at radius 1 is 1.18 bits per heavy atom. The summed E-state index contributed by atoms with van der Waals surface area (Å²) in [5, 5.41) is 23.1. The van der Waals surface area contributed by atoms with Gasteiger partial charge in [0.25, 0.3) is 0 Å². The molecular weight excluding hydrogens is 282 g/mol. The molecule has 0 atom stereocenters. The number of aromatic nitrogens is 4. The van der Waals surface area contributed by atoms with Crippen LogP contribution in [0.1, 0.15) is 25.2 Å². The van der Waals surface area contributed by atoms with Gasteiger partial charge in [-0.1, -0.05) is 0 Å². The van der Waals surface area contributed by atoms with Crippen LogP contribution in [0.4, 0.5) is 17.3 Å². The number of methoxy groups -OCH3 is 1. The average molecular weight is 299 g/mol. The molecule has 0 spiro atoms. The number of hydrogen-bond donors (Lipinski definition) is 2. The van der Waals surface area contributed by atoms with Crippen molar-refractivity contribution in [2.24, 2.45) is 0 Å². The zero-order valence-corrected chi connectivity index (χ0v) is 12.9. The maximum atomic E-state index is 8.70. The molecule has 0 amide bonds. The van der Waals surface area contributed by atoms with Crippen LogP contribution < -0.4 is 10.6 Å². The van der Waals surface area contributed by atoms with Crippen molar-refractivity contribution in [1.29, 1.82) is 5.26 Å². The first-order valence-corrected chi connectivity index (χ1v) is 6.60. The molecule has 0 radical (unpaired) electrons. The van der Waals surface area contributed by atoms with E-state index < -0.39 is 5.60 Å². The topological polar surface area (TPSA) is 109 Å². The van der Waals surface area contributed by atoms with Crippen LogP contribution in [0.3, 0.4) is 0 Å². The molecule has 0 aromatic carbocycles. The van der Waals surface area contributed by atoms with Crippen LogP contribution in [0.25, 0.3) is 0 Å². The predicted octanol–water partition coefficient (Wildman–Crippen LogP) is 1.81. The summed E-state index contributed by atoms with van der Waals surface area (Å²) < 4.78 is 5.43. The summed E-state index contributed by atoms with van der Waals surface area (Å²) in [7, 11) is 3.43. The minimum atomic E-state index is -0.557. The Labute approximate surface area is 128 Å². The maximum Gasteiger partial charge on any atom is 0.158 e. The molecule has 2 aromatic rings. The van der Waals surface area contributed by atoms with Gasteiger partial charge in [0.15, 0.2) is 11.5 Å². The molecule has 0 aliphatic rings. The van der Waals surface area contributed by atoms with E-state index in [4.69, 9.17) is 10.00 Å². The summed E-state index contributed by atoms with van der Waals surface area (Å²) in [5.74, 6) is 0.994. The highest BCUT2D eigenvalue weighted by molar-refractivity contribution is 5.60. The number of nitrogens with zero attached hydrogens (tertiary/aromatic N) is 5. The molecule has 2 heterocycles. The summed E-state index contributed by atoms with van der Waals surface area (Å²) >= 11 is 0. The zero-order valence-electron chi connectivity index (χ0n) is 12.9. The molecule has 22 heavy (non-hydrogen) atoms. The fourth-order valence-electron chi connectivity index (χ4n) is 1.77. The lowest BCUT2D eigenvalue weighted by Crippen LogP contribution is -2.23. The smallest absolute Gasteiger partial charge is 0.158 e. The molecule has 2 N–H and O–H groups in total. The first kappa shape index (κ1) is 15.6. The molecule has 2 rings (SSSR count). The third kappa shape index (κ3) is 3.27. The van der Waals surface area contributed by atoms with Crippen LogP contribution in [0.2, 0.25) is 0 Å². The van der Waals surface area contributed by atoms with Gasteiger partial charge >= 0.3 is 0 Å². The Hall–Kier alpha value is -2.79. The third-order valence-electron chi connectivity index (χ3n) is 3.17. The predicted molar refractivity (Wildman–Crippen MR) is 81.6 cm³/mol. The lowest BCUT2D eigenvalue weighted by molar-refractivity contribution is 0.0154. The highest BCUT2D eigenvalue weighted by Crippen LogP contribution is 2.29. The number of hydrogen-bond acceptors (Lipinski definition) is 8. The van der Waals surface area contributed by atoms with Gasteiger partial charge in [-0.05, 0) is 13.8 Å². The van der Waals surface area contributed by atoms with Crippen molar-refractivity contribution in [3.05, 3.63) is 29.8 Å². The second-order valence-corrected chi connectivity index (χ2v) is 4.98. The van der Waals surface area contributed by atoms with Crippen LogP contribution in [-0.4, -0.2) is 34.3 Å². The second kappa shape index (κ2) is 6.32. The fourth-order valence-corrected chi connectivity index (χ4v) is 1.77. The third-order valence-corrected chi connectivity index (χ3v) is 3.17. The number of nitriles is 1. The van der Waals surface area contributed by atoms with Gasteiger partial charge in [0, 0.05) is 20.2 Å². The summed E-state index contributed by atoms with van der Waals surface area (Å²) in [6, 6.07) is 3.72. The fraction of sp³-hybridized carbons (Fsp3) is 0.357. The molecule has 0 fully saturated rings. The van der Waals surface area contributed by atoms with Crippen molar-refractivity contribution >= 4 is 17.3 Å². The standard InChI is InChI=1S/C14H17N7O/c1-14(2,22-4)13-10(16-3)5-11(20-21-13)19-12-8-17-9(6-15)7-18-12/h5,7-8H,1-4H3,(H2,16,18,19,20). The van der Waals surface area contributed by atoms with E-state index in [0.29, 0.717) is 17.3 Å². The van der Waals surface area contributed by atoms with Crippen LogP contribution in [0.5, 0.6) is 0 Å². The monoisotopic (exact) mass is 299 g/mol.